The van der Waals surface area contributed by atoms with E-state index in [1.165, 1.54) is 44.1 Å². The fraction of sp³-hybridized carbons (Fsp3) is 0.0159. The van der Waals surface area contributed by atoms with Gasteiger partial charge in [-0.05, 0) is 98.1 Å². The second-order valence-corrected chi connectivity index (χ2v) is 17.4. The molecule has 0 saturated carbocycles. The van der Waals surface area contributed by atoms with E-state index < -0.39 is 5.41 Å². The van der Waals surface area contributed by atoms with Crippen molar-refractivity contribution in [2.24, 2.45) is 0 Å². The van der Waals surface area contributed by atoms with Gasteiger partial charge < -0.3 is 4.57 Å². The predicted molar refractivity (Wildman–Crippen MR) is 276 cm³/mol. The summed E-state index contributed by atoms with van der Waals surface area (Å²) in [6.45, 7) is 0. The van der Waals surface area contributed by atoms with Crippen LogP contribution in [0.25, 0.3) is 95.0 Å². The lowest BCUT2D eigenvalue weighted by molar-refractivity contribution is 0.769. The van der Waals surface area contributed by atoms with Crippen LogP contribution in [0.15, 0.2) is 249 Å². The highest BCUT2D eigenvalue weighted by molar-refractivity contribution is 6.10. The zero-order chi connectivity index (χ0) is 45.0. The Balaban J connectivity index is 1.04. The molecule has 5 heteroatoms. The van der Waals surface area contributed by atoms with Gasteiger partial charge in [0.25, 0.3) is 0 Å². The Labute approximate surface area is 394 Å². The van der Waals surface area contributed by atoms with Crippen LogP contribution in [0.5, 0.6) is 0 Å². The Morgan fingerprint density at radius 1 is 0.338 bits per heavy atom. The number of hydrogen-bond donors (Lipinski definition) is 0. The summed E-state index contributed by atoms with van der Waals surface area (Å²) in [6.07, 6.45) is 3.68. The van der Waals surface area contributed by atoms with E-state index in [-0.39, 0.29) is 0 Å². The highest BCUT2D eigenvalue weighted by Gasteiger charge is 2.47. The van der Waals surface area contributed by atoms with Crippen molar-refractivity contribution in [2.75, 3.05) is 0 Å². The lowest BCUT2D eigenvalue weighted by Crippen LogP contribution is -2.28. The molecule has 1 aliphatic rings. The minimum absolute atomic E-state index is 0.610. The predicted octanol–water partition coefficient (Wildman–Crippen LogP) is 15.1. The van der Waals surface area contributed by atoms with E-state index >= 15 is 0 Å². The quantitative estimate of drug-likeness (QED) is 0.153. The fourth-order valence-corrected chi connectivity index (χ4v) is 10.6. The standard InChI is InChI=1S/C63H41N5/c1-5-17-43(18-6-1)60-65-61(44-32-30-42(31-33-44)47-19-16-38-64-41-47)67-62(66-60)53-27-15-28-55-59(53)52-36-34-46(40-56(52)63(55,48-20-7-2-8-21-48)49-22-9-3-10-23-49)45-35-37-58-54(39-45)51-26-13-14-29-57(51)68(58)50-24-11-4-12-25-50/h1-41H. The third-order valence-electron chi connectivity index (χ3n) is 13.6. The van der Waals surface area contributed by atoms with Crippen LogP contribution in [-0.2, 0) is 5.41 Å². The monoisotopic (exact) mass is 867 g/mol. The van der Waals surface area contributed by atoms with Crippen molar-refractivity contribution in [3.8, 4) is 73.2 Å². The molecule has 3 heterocycles. The Bertz CT molecular complexity index is 3770. The zero-order valence-corrected chi connectivity index (χ0v) is 36.9. The number of rotatable bonds is 8. The van der Waals surface area contributed by atoms with Crippen molar-refractivity contribution in [3.05, 3.63) is 271 Å². The number of hydrogen-bond acceptors (Lipinski definition) is 4. The summed E-state index contributed by atoms with van der Waals surface area (Å²) in [5.74, 6) is 1.85. The van der Waals surface area contributed by atoms with Gasteiger partial charge in [0.1, 0.15) is 0 Å². The van der Waals surface area contributed by atoms with Gasteiger partial charge in [0.05, 0.1) is 16.4 Å². The molecule has 318 valence electrons. The van der Waals surface area contributed by atoms with E-state index in [2.05, 4.69) is 222 Å². The number of nitrogens with zero attached hydrogens (tertiary/aromatic N) is 5. The van der Waals surface area contributed by atoms with Gasteiger partial charge in [-0.2, -0.15) is 0 Å². The molecular formula is C63H41N5. The summed E-state index contributed by atoms with van der Waals surface area (Å²) in [4.78, 5) is 20.1. The zero-order valence-electron chi connectivity index (χ0n) is 36.9. The third kappa shape index (κ3) is 6.32. The maximum atomic E-state index is 5.35. The first-order chi connectivity index (χ1) is 33.7. The Kier molecular flexibility index (Phi) is 9.32. The summed E-state index contributed by atoms with van der Waals surface area (Å²) in [6, 6.07) is 84.6. The SMILES string of the molecule is c1ccc(-c2nc(-c3ccc(-c4cccnc4)cc3)nc(-c3cccc4c3-c3ccc(-c5ccc6c(c5)c5ccccc5n6-c5ccccc5)cc3C4(c3ccccc3)c3ccccc3)n2)cc1. The molecule has 0 N–H and O–H groups in total. The van der Waals surface area contributed by atoms with Crippen molar-refractivity contribution in [1.29, 1.82) is 0 Å². The highest BCUT2D eigenvalue weighted by Crippen LogP contribution is 2.59. The van der Waals surface area contributed by atoms with E-state index in [0.29, 0.717) is 17.5 Å². The first-order valence-corrected chi connectivity index (χ1v) is 23.0. The number of pyridine rings is 1. The molecule has 0 aliphatic heterocycles. The van der Waals surface area contributed by atoms with Gasteiger partial charge >= 0.3 is 0 Å². The molecule has 0 bridgehead atoms. The fourth-order valence-electron chi connectivity index (χ4n) is 10.6. The molecule has 3 aromatic heterocycles. The molecule has 13 rings (SSSR count). The minimum atomic E-state index is -0.660. The minimum Gasteiger partial charge on any atom is -0.309 e. The molecule has 0 radical (unpaired) electrons. The largest absolute Gasteiger partial charge is 0.309 e. The van der Waals surface area contributed by atoms with Gasteiger partial charge in [0.15, 0.2) is 17.5 Å². The first kappa shape index (κ1) is 39.3. The molecule has 0 saturated heterocycles. The second kappa shape index (κ2) is 16.1. The lowest BCUT2D eigenvalue weighted by atomic mass is 9.67. The number of para-hydroxylation sites is 2. The maximum Gasteiger partial charge on any atom is 0.164 e. The van der Waals surface area contributed by atoms with Crippen LogP contribution in [0, 0.1) is 0 Å². The molecular weight excluding hydrogens is 827 g/mol. The average molecular weight is 868 g/mol. The van der Waals surface area contributed by atoms with Crippen LogP contribution in [0.1, 0.15) is 22.3 Å². The van der Waals surface area contributed by atoms with Gasteiger partial charge in [0.2, 0.25) is 0 Å². The summed E-state index contributed by atoms with van der Waals surface area (Å²) in [5.41, 5.74) is 17.1. The Hall–Kier alpha value is -9.06. The molecule has 0 spiro atoms. The van der Waals surface area contributed by atoms with Crippen molar-refractivity contribution in [1.82, 2.24) is 24.5 Å². The number of benzene rings is 9. The van der Waals surface area contributed by atoms with Crippen molar-refractivity contribution >= 4 is 21.8 Å². The number of fused-ring (bicyclic) bond motifs is 6. The van der Waals surface area contributed by atoms with E-state index in [0.717, 1.165) is 55.8 Å². The second-order valence-electron chi connectivity index (χ2n) is 17.4. The molecule has 9 aromatic carbocycles. The van der Waals surface area contributed by atoms with Crippen LogP contribution in [0.3, 0.4) is 0 Å². The van der Waals surface area contributed by atoms with E-state index in [1.807, 2.05) is 30.5 Å². The smallest absolute Gasteiger partial charge is 0.164 e. The summed E-state index contributed by atoms with van der Waals surface area (Å²) in [7, 11) is 0. The Morgan fingerprint density at radius 3 is 1.60 bits per heavy atom. The highest BCUT2D eigenvalue weighted by atomic mass is 15.0. The van der Waals surface area contributed by atoms with Gasteiger partial charge in [-0.1, -0.05) is 194 Å². The van der Waals surface area contributed by atoms with Crippen LogP contribution in [-0.4, -0.2) is 24.5 Å². The lowest BCUT2D eigenvalue weighted by Gasteiger charge is -2.34. The molecule has 12 aromatic rings. The van der Waals surface area contributed by atoms with Crippen LogP contribution in [0.2, 0.25) is 0 Å². The molecule has 1 aliphatic carbocycles. The first-order valence-electron chi connectivity index (χ1n) is 23.0. The van der Waals surface area contributed by atoms with Crippen molar-refractivity contribution in [3.63, 3.8) is 0 Å². The van der Waals surface area contributed by atoms with E-state index in [9.17, 15) is 0 Å². The molecule has 0 amide bonds. The normalized spacial score (nSPS) is 12.5. The van der Waals surface area contributed by atoms with Gasteiger partial charge in [-0.15, -0.1) is 0 Å². The molecule has 0 atom stereocenters. The van der Waals surface area contributed by atoms with E-state index in [1.54, 1.807) is 6.20 Å². The van der Waals surface area contributed by atoms with Crippen LogP contribution >= 0.6 is 0 Å². The number of aromatic nitrogens is 5. The summed E-state index contributed by atoms with van der Waals surface area (Å²) < 4.78 is 2.37. The average Bonchev–Trinajstić information content (AvgIpc) is 3.92. The molecule has 5 nitrogen and oxygen atoms in total. The van der Waals surface area contributed by atoms with Gasteiger partial charge in [0, 0.05) is 45.5 Å². The summed E-state index contributed by atoms with van der Waals surface area (Å²) in [5, 5.41) is 2.45. The third-order valence-corrected chi connectivity index (χ3v) is 13.6. The molecule has 0 unspecified atom stereocenters. The Morgan fingerprint density at radius 2 is 0.897 bits per heavy atom. The summed E-state index contributed by atoms with van der Waals surface area (Å²) >= 11 is 0. The van der Waals surface area contributed by atoms with Crippen molar-refractivity contribution in [2.45, 2.75) is 5.41 Å². The maximum absolute atomic E-state index is 5.35. The molecule has 0 fully saturated rings. The van der Waals surface area contributed by atoms with E-state index in [4.69, 9.17) is 15.0 Å². The van der Waals surface area contributed by atoms with Gasteiger partial charge in [-0.25, -0.2) is 15.0 Å². The van der Waals surface area contributed by atoms with Crippen molar-refractivity contribution < 1.29 is 0 Å². The topological polar surface area (TPSA) is 56.5 Å². The van der Waals surface area contributed by atoms with Crippen LogP contribution < -0.4 is 0 Å². The van der Waals surface area contributed by atoms with Gasteiger partial charge in [-0.3, -0.25) is 4.98 Å². The van der Waals surface area contributed by atoms with Crippen LogP contribution in [0.4, 0.5) is 0 Å². The molecule has 68 heavy (non-hydrogen) atoms.